The molecule has 2 rings (SSSR count). The molecule has 2 aromatic rings. The van der Waals surface area contributed by atoms with E-state index in [4.69, 9.17) is 0 Å². The highest BCUT2D eigenvalue weighted by Gasteiger charge is 2.18. The minimum absolute atomic E-state index is 0.494. The van der Waals surface area contributed by atoms with E-state index in [2.05, 4.69) is 0 Å². The Kier molecular flexibility index (Phi) is 3.72. The Balaban J connectivity index is 2.02. The molecule has 2 unspecified atom stereocenters. The zero-order chi connectivity index (χ0) is 11.4. The molecule has 0 aliphatic carbocycles. The van der Waals surface area contributed by atoms with Crippen molar-refractivity contribution in [2.24, 2.45) is 0 Å². The van der Waals surface area contributed by atoms with Crippen LogP contribution in [0, 0.1) is 0 Å². The van der Waals surface area contributed by atoms with Crippen LogP contribution in [0.25, 0.3) is 0 Å². The van der Waals surface area contributed by atoms with Gasteiger partial charge in [0.25, 0.3) is 0 Å². The van der Waals surface area contributed by atoms with E-state index in [9.17, 15) is 10.2 Å². The predicted molar refractivity (Wildman–Crippen MR) is 65.4 cm³/mol. The summed E-state index contributed by atoms with van der Waals surface area (Å²) in [7, 11) is 0. The van der Waals surface area contributed by atoms with Crippen LogP contribution in [0.1, 0.15) is 16.5 Å². The highest BCUT2D eigenvalue weighted by molar-refractivity contribution is 7.09. The summed E-state index contributed by atoms with van der Waals surface area (Å²) in [6.45, 7) is 0. The first-order chi connectivity index (χ1) is 7.77. The number of hydrogen-bond acceptors (Lipinski definition) is 3. The highest BCUT2D eigenvalue weighted by atomic mass is 32.1. The first-order valence-corrected chi connectivity index (χ1v) is 6.09. The van der Waals surface area contributed by atoms with Crippen molar-refractivity contribution in [3.63, 3.8) is 0 Å². The standard InChI is InChI=1S/C13H14O2S/c14-12(9-11-7-4-8-16-11)13(15)10-5-2-1-3-6-10/h1-8,12-15H,9H2. The lowest BCUT2D eigenvalue weighted by Gasteiger charge is -2.17. The maximum atomic E-state index is 9.94. The number of rotatable bonds is 4. The molecule has 3 heteroatoms. The van der Waals surface area contributed by atoms with Crippen molar-refractivity contribution in [3.05, 3.63) is 58.3 Å². The minimum Gasteiger partial charge on any atom is -0.390 e. The van der Waals surface area contributed by atoms with Crippen molar-refractivity contribution in [2.75, 3.05) is 0 Å². The summed E-state index contributed by atoms with van der Waals surface area (Å²) in [5.74, 6) is 0. The molecule has 2 N–H and O–H groups in total. The van der Waals surface area contributed by atoms with Crippen molar-refractivity contribution in [2.45, 2.75) is 18.6 Å². The summed E-state index contributed by atoms with van der Waals surface area (Å²) < 4.78 is 0. The Morgan fingerprint density at radius 3 is 2.38 bits per heavy atom. The predicted octanol–water partition coefficient (Wildman–Crippen LogP) is 2.39. The zero-order valence-electron chi connectivity index (χ0n) is 8.78. The highest BCUT2D eigenvalue weighted by Crippen LogP contribution is 2.21. The lowest BCUT2D eigenvalue weighted by atomic mass is 10.0. The fraction of sp³-hybridized carbons (Fsp3) is 0.231. The van der Waals surface area contributed by atoms with Gasteiger partial charge in [-0.05, 0) is 17.0 Å². The van der Waals surface area contributed by atoms with Crippen LogP contribution in [0.4, 0.5) is 0 Å². The monoisotopic (exact) mass is 234 g/mol. The van der Waals surface area contributed by atoms with E-state index in [1.54, 1.807) is 11.3 Å². The fourth-order valence-corrected chi connectivity index (χ4v) is 2.37. The molecule has 16 heavy (non-hydrogen) atoms. The number of hydrogen-bond donors (Lipinski definition) is 2. The van der Waals surface area contributed by atoms with Gasteiger partial charge >= 0.3 is 0 Å². The van der Waals surface area contributed by atoms with Crippen LogP contribution in [0.2, 0.25) is 0 Å². The molecule has 0 aliphatic heterocycles. The second-order valence-electron chi connectivity index (χ2n) is 3.71. The fourth-order valence-electron chi connectivity index (χ4n) is 1.62. The second-order valence-corrected chi connectivity index (χ2v) is 4.74. The summed E-state index contributed by atoms with van der Waals surface area (Å²) >= 11 is 1.59. The van der Waals surface area contributed by atoms with E-state index < -0.39 is 12.2 Å². The van der Waals surface area contributed by atoms with Crippen LogP contribution in [0.5, 0.6) is 0 Å². The average Bonchev–Trinajstić information content (AvgIpc) is 2.82. The van der Waals surface area contributed by atoms with Gasteiger partial charge in [0, 0.05) is 11.3 Å². The third-order valence-corrected chi connectivity index (χ3v) is 3.39. The second kappa shape index (κ2) is 5.25. The molecule has 0 saturated heterocycles. The molecule has 0 amide bonds. The molecule has 84 valence electrons. The van der Waals surface area contributed by atoms with Gasteiger partial charge in [0.05, 0.1) is 6.10 Å². The zero-order valence-corrected chi connectivity index (χ0v) is 9.60. The minimum atomic E-state index is -0.816. The van der Waals surface area contributed by atoms with Crippen LogP contribution in [-0.4, -0.2) is 16.3 Å². The molecule has 0 aliphatic rings. The van der Waals surface area contributed by atoms with Crippen LogP contribution < -0.4 is 0 Å². The Morgan fingerprint density at radius 1 is 1.00 bits per heavy atom. The first-order valence-electron chi connectivity index (χ1n) is 5.21. The third-order valence-electron chi connectivity index (χ3n) is 2.50. The largest absolute Gasteiger partial charge is 0.390 e. The molecule has 0 bridgehead atoms. The van der Waals surface area contributed by atoms with Crippen molar-refractivity contribution < 1.29 is 10.2 Å². The maximum absolute atomic E-state index is 9.94. The molecule has 0 fully saturated rings. The Morgan fingerprint density at radius 2 is 1.75 bits per heavy atom. The van der Waals surface area contributed by atoms with E-state index in [-0.39, 0.29) is 0 Å². The lowest BCUT2D eigenvalue weighted by Crippen LogP contribution is -2.20. The van der Waals surface area contributed by atoms with E-state index in [0.29, 0.717) is 6.42 Å². The van der Waals surface area contributed by atoms with Gasteiger partial charge in [-0.1, -0.05) is 36.4 Å². The normalized spacial score (nSPS) is 14.6. The lowest BCUT2D eigenvalue weighted by molar-refractivity contribution is 0.0194. The first kappa shape index (κ1) is 11.3. The van der Waals surface area contributed by atoms with Gasteiger partial charge in [-0.3, -0.25) is 0 Å². The summed E-state index contributed by atoms with van der Waals surface area (Å²) in [4.78, 5) is 1.09. The molecule has 0 saturated carbocycles. The SMILES string of the molecule is OC(Cc1cccs1)C(O)c1ccccc1. The maximum Gasteiger partial charge on any atom is 0.105 e. The van der Waals surface area contributed by atoms with E-state index >= 15 is 0 Å². The molecule has 2 nitrogen and oxygen atoms in total. The number of aliphatic hydroxyl groups is 2. The third kappa shape index (κ3) is 2.70. The molecule has 2 atom stereocenters. The molecule has 0 spiro atoms. The van der Waals surface area contributed by atoms with Crippen molar-refractivity contribution >= 4 is 11.3 Å². The van der Waals surface area contributed by atoms with Crippen LogP contribution in [0.3, 0.4) is 0 Å². The van der Waals surface area contributed by atoms with Gasteiger partial charge < -0.3 is 10.2 Å². The number of benzene rings is 1. The summed E-state index contributed by atoms with van der Waals surface area (Å²) in [6, 6.07) is 13.2. The topological polar surface area (TPSA) is 40.5 Å². The van der Waals surface area contributed by atoms with Gasteiger partial charge in [-0.25, -0.2) is 0 Å². The quantitative estimate of drug-likeness (QED) is 0.852. The number of aliphatic hydroxyl groups excluding tert-OH is 2. The van der Waals surface area contributed by atoms with Gasteiger partial charge in [0.15, 0.2) is 0 Å². The molecular weight excluding hydrogens is 220 g/mol. The van der Waals surface area contributed by atoms with Crippen LogP contribution in [0.15, 0.2) is 47.8 Å². The Hall–Kier alpha value is -1.16. The van der Waals surface area contributed by atoms with Gasteiger partial charge in [-0.15, -0.1) is 11.3 Å². The van der Waals surface area contributed by atoms with Gasteiger partial charge in [-0.2, -0.15) is 0 Å². The Bertz CT molecular complexity index is 411. The van der Waals surface area contributed by atoms with Gasteiger partial charge in [0.2, 0.25) is 0 Å². The van der Waals surface area contributed by atoms with E-state index in [1.165, 1.54) is 0 Å². The van der Waals surface area contributed by atoms with Gasteiger partial charge in [0.1, 0.15) is 6.10 Å². The molecule has 1 aromatic heterocycles. The number of thiophene rings is 1. The molecule has 1 aromatic carbocycles. The average molecular weight is 234 g/mol. The molecular formula is C13H14O2S. The Labute approximate surface area is 98.8 Å². The smallest absolute Gasteiger partial charge is 0.105 e. The van der Waals surface area contributed by atoms with E-state index in [0.717, 1.165) is 10.4 Å². The van der Waals surface area contributed by atoms with Crippen LogP contribution in [-0.2, 0) is 6.42 Å². The molecule has 0 radical (unpaired) electrons. The summed E-state index contributed by atoms with van der Waals surface area (Å²) in [5.41, 5.74) is 0.756. The van der Waals surface area contributed by atoms with Crippen molar-refractivity contribution in [1.29, 1.82) is 0 Å². The summed E-state index contributed by atoms with van der Waals surface area (Å²) in [5, 5.41) is 21.8. The van der Waals surface area contributed by atoms with E-state index in [1.807, 2.05) is 47.8 Å². The van der Waals surface area contributed by atoms with Crippen molar-refractivity contribution in [3.8, 4) is 0 Å². The summed E-state index contributed by atoms with van der Waals surface area (Å²) in [6.07, 6.45) is -1.07. The van der Waals surface area contributed by atoms with Crippen molar-refractivity contribution in [1.82, 2.24) is 0 Å². The molecule has 1 heterocycles. The van der Waals surface area contributed by atoms with Crippen LogP contribution >= 0.6 is 11.3 Å².